The van der Waals surface area contributed by atoms with E-state index in [2.05, 4.69) is 10.9 Å². The van der Waals surface area contributed by atoms with Crippen molar-refractivity contribution in [2.24, 2.45) is 0 Å². The van der Waals surface area contributed by atoms with Crippen molar-refractivity contribution in [2.45, 2.75) is 11.3 Å². The summed E-state index contributed by atoms with van der Waals surface area (Å²) in [5.74, 6) is -0.689. The van der Waals surface area contributed by atoms with E-state index >= 15 is 0 Å². The Kier molecular flexibility index (Phi) is 9.17. The largest absolute Gasteiger partial charge is 0.484 e. The zero-order valence-electron chi connectivity index (χ0n) is 14.9. The van der Waals surface area contributed by atoms with Crippen molar-refractivity contribution in [3.8, 4) is 5.75 Å². The van der Waals surface area contributed by atoms with E-state index in [0.717, 1.165) is 4.90 Å². The lowest BCUT2D eigenvalue weighted by atomic mass is 10.3. The fourth-order valence-corrected chi connectivity index (χ4v) is 2.86. The Hall–Kier alpha value is -2.71. The molecule has 2 N–H and O–H groups in total. The first-order valence-electron chi connectivity index (χ1n) is 8.32. The molecule has 9 heteroatoms. The van der Waals surface area contributed by atoms with Gasteiger partial charge in [0, 0.05) is 15.7 Å². The summed E-state index contributed by atoms with van der Waals surface area (Å²) >= 11 is 7.27. The molecule has 7 nitrogen and oxygen atoms in total. The van der Waals surface area contributed by atoms with Gasteiger partial charge in [0.25, 0.3) is 11.8 Å². The highest BCUT2D eigenvalue weighted by molar-refractivity contribution is 7.99. The van der Waals surface area contributed by atoms with Crippen LogP contribution in [0.1, 0.15) is 6.42 Å². The summed E-state index contributed by atoms with van der Waals surface area (Å²) in [6.07, 6.45) is 0.175. The van der Waals surface area contributed by atoms with Crippen LogP contribution in [0.15, 0.2) is 59.5 Å². The number of amides is 2. The summed E-state index contributed by atoms with van der Waals surface area (Å²) in [5.41, 5.74) is 4.31. The number of hydrogen-bond donors (Lipinski definition) is 2. The number of esters is 1. The molecule has 0 aromatic heterocycles. The molecule has 0 aliphatic carbocycles. The standard InChI is InChI=1S/C19H19ClN2O5S/c20-14-6-8-15(9-7-14)26-12-17(23)21-22-18(24)13-27-19(25)10-11-28-16-4-2-1-3-5-16/h1-9H,10-13H2,(H,21,23)(H,22,24). The van der Waals surface area contributed by atoms with Crippen molar-refractivity contribution in [3.05, 3.63) is 59.6 Å². The Balaban J connectivity index is 1.54. The number of ether oxygens (including phenoxy) is 2. The molecule has 0 aliphatic rings. The first-order chi connectivity index (χ1) is 13.5. The fourth-order valence-electron chi connectivity index (χ4n) is 1.88. The van der Waals surface area contributed by atoms with Crippen LogP contribution in [0, 0.1) is 0 Å². The van der Waals surface area contributed by atoms with E-state index in [9.17, 15) is 14.4 Å². The second-order valence-electron chi connectivity index (χ2n) is 5.41. The van der Waals surface area contributed by atoms with Crippen LogP contribution in [0.3, 0.4) is 0 Å². The van der Waals surface area contributed by atoms with Crippen LogP contribution >= 0.6 is 23.4 Å². The van der Waals surface area contributed by atoms with Gasteiger partial charge in [0.1, 0.15) is 5.75 Å². The van der Waals surface area contributed by atoms with Crippen LogP contribution in [0.25, 0.3) is 0 Å². The van der Waals surface area contributed by atoms with Crippen molar-refractivity contribution in [1.29, 1.82) is 0 Å². The summed E-state index contributed by atoms with van der Waals surface area (Å²) in [7, 11) is 0. The molecule has 2 aromatic rings. The Labute approximate surface area is 171 Å². The molecule has 28 heavy (non-hydrogen) atoms. The first-order valence-corrected chi connectivity index (χ1v) is 9.69. The lowest BCUT2D eigenvalue weighted by Gasteiger charge is -2.09. The predicted octanol–water partition coefficient (Wildman–Crippen LogP) is 2.59. The van der Waals surface area contributed by atoms with Crippen molar-refractivity contribution in [2.75, 3.05) is 19.0 Å². The molecule has 0 heterocycles. The molecule has 2 aromatic carbocycles. The number of carbonyl (C=O) groups excluding carboxylic acids is 3. The topological polar surface area (TPSA) is 93.7 Å². The number of halogens is 1. The van der Waals surface area contributed by atoms with Gasteiger partial charge < -0.3 is 9.47 Å². The van der Waals surface area contributed by atoms with E-state index in [1.54, 1.807) is 24.3 Å². The quantitative estimate of drug-likeness (QED) is 0.366. The van der Waals surface area contributed by atoms with E-state index in [1.165, 1.54) is 11.8 Å². The predicted molar refractivity (Wildman–Crippen MR) is 106 cm³/mol. The van der Waals surface area contributed by atoms with Crippen molar-refractivity contribution in [3.63, 3.8) is 0 Å². The van der Waals surface area contributed by atoms with E-state index < -0.39 is 24.4 Å². The summed E-state index contributed by atoms with van der Waals surface area (Å²) in [6.45, 7) is -0.772. The molecular weight excluding hydrogens is 404 g/mol. The average molecular weight is 423 g/mol. The average Bonchev–Trinajstić information content (AvgIpc) is 2.71. The minimum absolute atomic E-state index is 0.175. The van der Waals surface area contributed by atoms with Gasteiger partial charge in [-0.3, -0.25) is 25.2 Å². The van der Waals surface area contributed by atoms with Gasteiger partial charge in [0.05, 0.1) is 6.42 Å². The van der Waals surface area contributed by atoms with Gasteiger partial charge in [-0.05, 0) is 36.4 Å². The van der Waals surface area contributed by atoms with Crippen LogP contribution in [-0.2, 0) is 19.1 Å². The molecule has 0 fully saturated rings. The van der Waals surface area contributed by atoms with Crippen LogP contribution in [0.5, 0.6) is 5.75 Å². The lowest BCUT2D eigenvalue weighted by molar-refractivity contribution is -0.148. The van der Waals surface area contributed by atoms with E-state index in [4.69, 9.17) is 21.1 Å². The molecule has 2 amide bonds. The van der Waals surface area contributed by atoms with Crippen molar-refractivity contribution < 1.29 is 23.9 Å². The Morgan fingerprint density at radius 2 is 1.54 bits per heavy atom. The number of nitrogens with one attached hydrogen (secondary N) is 2. The Morgan fingerprint density at radius 1 is 0.893 bits per heavy atom. The number of hydrazine groups is 1. The van der Waals surface area contributed by atoms with Gasteiger partial charge in [0.2, 0.25) is 0 Å². The van der Waals surface area contributed by atoms with E-state index in [1.807, 2.05) is 30.3 Å². The van der Waals surface area contributed by atoms with Gasteiger partial charge in [-0.1, -0.05) is 29.8 Å². The number of thioether (sulfide) groups is 1. The first kappa shape index (κ1) is 21.6. The molecule has 0 atom stereocenters. The van der Waals surface area contributed by atoms with Crippen molar-refractivity contribution >= 4 is 41.1 Å². The summed E-state index contributed by atoms with van der Waals surface area (Å²) in [4.78, 5) is 35.9. The molecule has 0 saturated heterocycles. The zero-order valence-corrected chi connectivity index (χ0v) is 16.4. The number of hydrogen-bond acceptors (Lipinski definition) is 6. The van der Waals surface area contributed by atoms with E-state index in [-0.39, 0.29) is 13.0 Å². The number of rotatable bonds is 9. The smallest absolute Gasteiger partial charge is 0.307 e. The highest BCUT2D eigenvalue weighted by Gasteiger charge is 2.09. The molecule has 0 unspecified atom stereocenters. The van der Waals surface area contributed by atoms with Gasteiger partial charge in [-0.2, -0.15) is 0 Å². The van der Waals surface area contributed by atoms with Gasteiger partial charge in [-0.15, -0.1) is 11.8 Å². The highest BCUT2D eigenvalue weighted by Crippen LogP contribution is 2.17. The van der Waals surface area contributed by atoms with E-state index in [0.29, 0.717) is 16.5 Å². The second kappa shape index (κ2) is 11.9. The molecule has 0 spiro atoms. The maximum absolute atomic E-state index is 11.6. The highest BCUT2D eigenvalue weighted by atomic mass is 35.5. The third-order valence-corrected chi connectivity index (χ3v) is 4.47. The molecule has 0 bridgehead atoms. The number of carbonyl (C=O) groups is 3. The SMILES string of the molecule is O=C(COC(=O)CCSc1ccccc1)NNC(=O)COc1ccc(Cl)cc1. The molecule has 0 radical (unpaired) electrons. The number of benzene rings is 2. The Morgan fingerprint density at radius 3 is 2.21 bits per heavy atom. The van der Waals surface area contributed by atoms with Crippen LogP contribution in [0.2, 0.25) is 5.02 Å². The minimum Gasteiger partial charge on any atom is -0.484 e. The summed E-state index contributed by atoms with van der Waals surface area (Å²) < 4.78 is 10.1. The van der Waals surface area contributed by atoms with Crippen LogP contribution in [0.4, 0.5) is 0 Å². The molecule has 0 saturated carbocycles. The Bertz CT molecular complexity index is 787. The van der Waals surface area contributed by atoms with Gasteiger partial charge in [0.15, 0.2) is 13.2 Å². The maximum Gasteiger partial charge on any atom is 0.307 e. The van der Waals surface area contributed by atoms with Crippen LogP contribution < -0.4 is 15.6 Å². The summed E-state index contributed by atoms with van der Waals surface area (Å²) in [6, 6.07) is 16.1. The van der Waals surface area contributed by atoms with Gasteiger partial charge in [-0.25, -0.2) is 0 Å². The molecular formula is C19H19ClN2O5S. The zero-order chi connectivity index (χ0) is 20.2. The second-order valence-corrected chi connectivity index (χ2v) is 7.02. The van der Waals surface area contributed by atoms with Crippen LogP contribution in [-0.4, -0.2) is 36.8 Å². The third-order valence-electron chi connectivity index (χ3n) is 3.21. The fraction of sp³-hybridized carbons (Fsp3) is 0.211. The van der Waals surface area contributed by atoms with Gasteiger partial charge >= 0.3 is 5.97 Å². The molecule has 148 valence electrons. The molecule has 2 rings (SSSR count). The lowest BCUT2D eigenvalue weighted by Crippen LogP contribution is -2.45. The van der Waals surface area contributed by atoms with Crippen molar-refractivity contribution in [1.82, 2.24) is 10.9 Å². The monoisotopic (exact) mass is 422 g/mol. The maximum atomic E-state index is 11.6. The minimum atomic E-state index is -0.649. The normalized spacial score (nSPS) is 10.0. The molecule has 0 aliphatic heterocycles. The third kappa shape index (κ3) is 8.79. The summed E-state index contributed by atoms with van der Waals surface area (Å²) in [5, 5.41) is 0.553.